The van der Waals surface area contributed by atoms with Crippen LogP contribution in [0.25, 0.3) is 0 Å². The van der Waals surface area contributed by atoms with E-state index in [-0.39, 0.29) is 23.6 Å². The summed E-state index contributed by atoms with van der Waals surface area (Å²) in [6, 6.07) is 2.99. The third-order valence-electron chi connectivity index (χ3n) is 3.53. The third-order valence-corrected chi connectivity index (χ3v) is 3.86. The van der Waals surface area contributed by atoms with Crippen LogP contribution in [0.5, 0.6) is 5.75 Å². The number of nitrogen functional groups attached to an aromatic ring is 1. The fourth-order valence-corrected chi connectivity index (χ4v) is 2.37. The first-order valence-electron chi connectivity index (χ1n) is 7.69. The second-order valence-electron chi connectivity index (χ2n) is 5.38. The molecule has 1 aromatic heterocycles. The Balaban J connectivity index is 2.14. The van der Waals surface area contributed by atoms with Crippen LogP contribution in [0.4, 0.5) is 5.69 Å². The first-order valence-corrected chi connectivity index (χ1v) is 8.07. The predicted octanol–water partition coefficient (Wildman–Crippen LogP) is 2.68. The second-order valence-corrected chi connectivity index (χ2v) is 5.79. The van der Waals surface area contributed by atoms with Crippen LogP contribution in [0.15, 0.2) is 16.7 Å². The number of amides is 1. The quantitative estimate of drug-likeness (QED) is 0.749. The zero-order chi connectivity index (χ0) is 18.6. The van der Waals surface area contributed by atoms with Gasteiger partial charge in [0, 0.05) is 19.7 Å². The number of ether oxygens (including phenoxy) is 2. The van der Waals surface area contributed by atoms with Gasteiger partial charge < -0.3 is 24.6 Å². The number of methoxy groups -OCH3 is 1. The van der Waals surface area contributed by atoms with Crippen LogP contribution in [0, 0.1) is 0 Å². The molecule has 0 aliphatic heterocycles. The SMILES string of the molecule is CCOC(C)c1noc(CN(C)C(=O)c2cc(Cl)c(N)cc2OC)n1. The summed E-state index contributed by atoms with van der Waals surface area (Å²) in [6.07, 6.45) is -0.278. The largest absolute Gasteiger partial charge is 0.496 e. The molecule has 0 aliphatic rings. The van der Waals surface area contributed by atoms with E-state index in [0.717, 1.165) is 0 Å². The fraction of sp³-hybridized carbons (Fsp3) is 0.438. The minimum Gasteiger partial charge on any atom is -0.496 e. The highest BCUT2D eigenvalue weighted by Gasteiger charge is 2.21. The Morgan fingerprint density at radius 1 is 1.48 bits per heavy atom. The minimum absolute atomic E-state index is 0.135. The molecule has 2 rings (SSSR count). The molecule has 0 saturated carbocycles. The van der Waals surface area contributed by atoms with Crippen molar-refractivity contribution in [2.75, 3.05) is 26.5 Å². The van der Waals surface area contributed by atoms with E-state index in [1.807, 2.05) is 13.8 Å². The lowest BCUT2D eigenvalue weighted by Gasteiger charge is -2.17. The Kier molecular flexibility index (Phi) is 6.22. The molecular weight excluding hydrogens is 348 g/mol. The molecule has 1 amide bonds. The Morgan fingerprint density at radius 2 is 2.20 bits per heavy atom. The molecule has 8 nitrogen and oxygen atoms in total. The van der Waals surface area contributed by atoms with Crippen LogP contribution in [0.1, 0.15) is 42.0 Å². The van der Waals surface area contributed by atoms with E-state index in [2.05, 4.69) is 10.1 Å². The summed E-state index contributed by atoms with van der Waals surface area (Å²) in [7, 11) is 3.07. The predicted molar refractivity (Wildman–Crippen MR) is 92.6 cm³/mol. The average molecular weight is 369 g/mol. The van der Waals surface area contributed by atoms with E-state index in [0.29, 0.717) is 35.3 Å². The molecule has 1 aromatic carbocycles. The highest BCUT2D eigenvalue weighted by molar-refractivity contribution is 6.33. The molecule has 25 heavy (non-hydrogen) atoms. The van der Waals surface area contributed by atoms with Gasteiger partial charge in [0.15, 0.2) is 5.82 Å². The standard InChI is InChI=1S/C16H21ClN4O4/c1-5-24-9(2)15-19-14(25-20-15)8-21(3)16(22)10-6-11(17)12(18)7-13(10)23-4/h6-7,9H,5,8,18H2,1-4H3. The van der Waals surface area contributed by atoms with Gasteiger partial charge in [-0.05, 0) is 19.9 Å². The highest BCUT2D eigenvalue weighted by atomic mass is 35.5. The van der Waals surface area contributed by atoms with Crippen LogP contribution < -0.4 is 10.5 Å². The average Bonchev–Trinajstić information content (AvgIpc) is 3.05. The first-order chi connectivity index (χ1) is 11.9. The van der Waals surface area contributed by atoms with Gasteiger partial charge in [0.25, 0.3) is 5.91 Å². The number of rotatable bonds is 7. The van der Waals surface area contributed by atoms with Gasteiger partial charge in [0.05, 0.1) is 29.9 Å². The van der Waals surface area contributed by atoms with Crippen LogP contribution in [-0.4, -0.2) is 41.7 Å². The van der Waals surface area contributed by atoms with Crippen molar-refractivity contribution in [1.29, 1.82) is 0 Å². The van der Waals surface area contributed by atoms with Gasteiger partial charge in [0.1, 0.15) is 11.9 Å². The van der Waals surface area contributed by atoms with E-state index in [4.69, 9.17) is 31.3 Å². The van der Waals surface area contributed by atoms with Crippen molar-refractivity contribution < 1.29 is 18.8 Å². The molecule has 1 unspecified atom stereocenters. The van der Waals surface area contributed by atoms with Crippen molar-refractivity contribution in [3.63, 3.8) is 0 Å². The number of benzene rings is 1. The molecule has 0 saturated heterocycles. The van der Waals surface area contributed by atoms with Gasteiger partial charge in [-0.3, -0.25) is 4.79 Å². The molecule has 0 radical (unpaired) electrons. The number of carbonyl (C=O) groups is 1. The molecule has 2 aromatic rings. The summed E-state index contributed by atoms with van der Waals surface area (Å²) >= 11 is 6.01. The Bertz CT molecular complexity index is 750. The summed E-state index contributed by atoms with van der Waals surface area (Å²) in [4.78, 5) is 18.3. The molecule has 136 valence electrons. The Labute approximate surface area is 150 Å². The Morgan fingerprint density at radius 3 is 2.84 bits per heavy atom. The van der Waals surface area contributed by atoms with Crippen molar-refractivity contribution in [1.82, 2.24) is 15.0 Å². The molecule has 9 heteroatoms. The zero-order valence-electron chi connectivity index (χ0n) is 14.6. The van der Waals surface area contributed by atoms with E-state index >= 15 is 0 Å². The maximum absolute atomic E-state index is 12.7. The van der Waals surface area contributed by atoms with Gasteiger partial charge >= 0.3 is 0 Å². The first kappa shape index (κ1) is 19.0. The number of halogens is 1. The smallest absolute Gasteiger partial charge is 0.257 e. The molecule has 0 spiro atoms. The number of aromatic nitrogens is 2. The van der Waals surface area contributed by atoms with E-state index < -0.39 is 0 Å². The maximum atomic E-state index is 12.7. The topological polar surface area (TPSA) is 104 Å². The van der Waals surface area contributed by atoms with E-state index in [9.17, 15) is 4.79 Å². The number of carbonyl (C=O) groups excluding carboxylic acids is 1. The number of hydrogen-bond donors (Lipinski definition) is 1. The van der Waals surface area contributed by atoms with Crippen molar-refractivity contribution in [2.24, 2.45) is 0 Å². The summed E-state index contributed by atoms with van der Waals surface area (Å²) in [5, 5.41) is 4.15. The summed E-state index contributed by atoms with van der Waals surface area (Å²) in [5.41, 5.74) is 6.37. The van der Waals surface area contributed by atoms with Gasteiger partial charge in [-0.2, -0.15) is 4.98 Å². The van der Waals surface area contributed by atoms with Gasteiger partial charge in [-0.1, -0.05) is 16.8 Å². The minimum atomic E-state index is -0.309. The monoisotopic (exact) mass is 368 g/mol. The third kappa shape index (κ3) is 4.40. The number of anilines is 1. The lowest BCUT2D eigenvalue weighted by atomic mass is 10.1. The molecule has 1 atom stereocenters. The molecule has 0 fully saturated rings. The van der Waals surface area contributed by atoms with Gasteiger partial charge in [-0.25, -0.2) is 0 Å². The van der Waals surface area contributed by atoms with Crippen molar-refractivity contribution in [2.45, 2.75) is 26.5 Å². The molecule has 1 heterocycles. The molecular formula is C16H21ClN4O4. The van der Waals surface area contributed by atoms with Crippen LogP contribution in [0.3, 0.4) is 0 Å². The highest BCUT2D eigenvalue weighted by Crippen LogP contribution is 2.29. The van der Waals surface area contributed by atoms with Crippen molar-refractivity contribution in [3.05, 3.63) is 34.4 Å². The maximum Gasteiger partial charge on any atom is 0.257 e. The number of hydrogen-bond acceptors (Lipinski definition) is 7. The van der Waals surface area contributed by atoms with E-state index in [1.54, 1.807) is 7.05 Å². The van der Waals surface area contributed by atoms with Crippen LogP contribution in [-0.2, 0) is 11.3 Å². The van der Waals surface area contributed by atoms with Crippen molar-refractivity contribution in [3.8, 4) is 5.75 Å². The molecule has 2 N–H and O–H groups in total. The molecule has 0 bridgehead atoms. The number of nitrogens with two attached hydrogens (primary N) is 1. The zero-order valence-corrected chi connectivity index (χ0v) is 15.3. The summed E-state index contributed by atoms with van der Waals surface area (Å²) in [6.45, 7) is 4.39. The van der Waals surface area contributed by atoms with Gasteiger partial charge in [0.2, 0.25) is 5.89 Å². The Hall–Kier alpha value is -2.32. The molecule has 0 aliphatic carbocycles. The number of nitrogens with zero attached hydrogens (tertiary/aromatic N) is 3. The summed E-state index contributed by atoms with van der Waals surface area (Å²) in [5.74, 6) is 0.773. The van der Waals surface area contributed by atoms with Crippen LogP contribution in [0.2, 0.25) is 5.02 Å². The van der Waals surface area contributed by atoms with Crippen LogP contribution >= 0.6 is 11.6 Å². The second kappa shape index (κ2) is 8.17. The summed E-state index contributed by atoms with van der Waals surface area (Å²) < 4.78 is 15.8. The lowest BCUT2D eigenvalue weighted by molar-refractivity contribution is 0.0682. The lowest BCUT2D eigenvalue weighted by Crippen LogP contribution is -2.27. The van der Waals surface area contributed by atoms with E-state index in [1.165, 1.54) is 24.1 Å². The fourth-order valence-electron chi connectivity index (χ4n) is 2.21. The normalized spacial score (nSPS) is 12.0. The van der Waals surface area contributed by atoms with Crippen molar-refractivity contribution >= 4 is 23.2 Å². The van der Waals surface area contributed by atoms with Gasteiger partial charge in [-0.15, -0.1) is 0 Å².